The van der Waals surface area contributed by atoms with E-state index in [0.717, 1.165) is 6.42 Å². The summed E-state index contributed by atoms with van der Waals surface area (Å²) in [6.45, 7) is 0.528. The summed E-state index contributed by atoms with van der Waals surface area (Å²) in [5, 5.41) is 8.64. The highest BCUT2D eigenvalue weighted by molar-refractivity contribution is 4.49. The van der Waals surface area contributed by atoms with Gasteiger partial charge in [-0.25, -0.2) is 0 Å². The average Bonchev–Trinajstić information content (AvgIpc) is 1.84. The zero-order chi connectivity index (χ0) is 5.33. The lowest BCUT2D eigenvalue weighted by Gasteiger charge is -1.93. The Morgan fingerprint density at radius 1 is 2.00 bits per heavy atom. The Hall–Kier alpha value is -0.0800. The van der Waals surface area contributed by atoms with E-state index in [-0.39, 0.29) is 0 Å². The maximum atomic E-state index is 8.64. The molecule has 1 heterocycles. The molecule has 36 valence electrons. The van der Waals surface area contributed by atoms with Crippen LogP contribution in [0.5, 0.6) is 0 Å². The quantitative estimate of drug-likeness (QED) is 0.456. The monoisotopic (exact) mass is 89.1 g/mol. The van der Waals surface area contributed by atoms with E-state index < -0.39 is 6.27 Å². The molecular weight excluding hydrogens is 80.0 g/mol. The molecular formula is C4H8O2. The molecule has 0 saturated carbocycles. The van der Waals surface area contributed by atoms with Crippen LogP contribution < -0.4 is 0 Å². The minimum Gasteiger partial charge on any atom is -0.368 e. The lowest BCUT2D eigenvalue weighted by atomic mass is 10.4. The molecule has 0 spiro atoms. The van der Waals surface area contributed by atoms with Crippen LogP contribution in [0.2, 0.25) is 0 Å². The number of hydrogen-bond donors (Lipinski definition) is 1. The third-order valence-electron chi connectivity index (χ3n) is 0.804. The van der Waals surface area contributed by atoms with Crippen LogP contribution in [-0.4, -0.2) is 18.0 Å². The Balaban J connectivity index is 2.40. The van der Waals surface area contributed by atoms with Crippen molar-refractivity contribution in [3.05, 3.63) is 0 Å². The number of aliphatic hydroxyl groups is 1. The van der Waals surface area contributed by atoms with Gasteiger partial charge in [-0.3, -0.25) is 0 Å². The van der Waals surface area contributed by atoms with Crippen molar-refractivity contribution in [3.8, 4) is 0 Å². The van der Waals surface area contributed by atoms with Gasteiger partial charge in [0.25, 0.3) is 0 Å². The van der Waals surface area contributed by atoms with E-state index >= 15 is 0 Å². The molecule has 2 heteroatoms. The van der Waals surface area contributed by atoms with E-state index in [1.54, 1.807) is 0 Å². The van der Waals surface area contributed by atoms with Gasteiger partial charge in [0.05, 0.1) is 1.37 Å². The summed E-state index contributed by atoms with van der Waals surface area (Å²) in [5.41, 5.74) is 0. The molecule has 1 saturated heterocycles. The summed E-state index contributed by atoms with van der Waals surface area (Å²) in [7, 11) is 0. The van der Waals surface area contributed by atoms with Gasteiger partial charge in [-0.05, 0) is 6.42 Å². The van der Waals surface area contributed by atoms with Gasteiger partial charge in [-0.15, -0.1) is 0 Å². The molecule has 2 nitrogen and oxygen atoms in total. The first kappa shape index (κ1) is 2.99. The third-order valence-corrected chi connectivity index (χ3v) is 0.804. The van der Waals surface area contributed by atoms with Gasteiger partial charge in [0, 0.05) is 13.0 Å². The Kier molecular flexibility index (Phi) is 0.787. The first-order chi connectivity index (χ1) is 3.21. The van der Waals surface area contributed by atoms with Crippen LogP contribution >= 0.6 is 0 Å². The van der Waals surface area contributed by atoms with Gasteiger partial charge >= 0.3 is 0 Å². The fraction of sp³-hybridized carbons (Fsp3) is 1.00. The minimum atomic E-state index is -1.56. The van der Waals surface area contributed by atoms with Crippen LogP contribution in [0.15, 0.2) is 0 Å². The van der Waals surface area contributed by atoms with Gasteiger partial charge in [-0.1, -0.05) is 0 Å². The number of ether oxygens (including phenoxy) is 1. The van der Waals surface area contributed by atoms with Gasteiger partial charge in [0.1, 0.15) is 0 Å². The highest BCUT2D eigenvalue weighted by Crippen LogP contribution is 2.06. The molecule has 0 aliphatic carbocycles. The lowest BCUT2D eigenvalue weighted by molar-refractivity contribution is -0.0589. The maximum absolute atomic E-state index is 8.64. The molecule has 1 N–H and O–H groups in total. The molecule has 0 radical (unpaired) electrons. The predicted octanol–water partition coefficient (Wildman–Crippen LogP) is 0.115. The zero-order valence-corrected chi connectivity index (χ0v) is 3.48. The molecule has 0 amide bonds. The lowest BCUT2D eigenvalue weighted by Crippen LogP contribution is -1.99. The van der Waals surface area contributed by atoms with Crippen LogP contribution in [-0.2, 0) is 4.74 Å². The molecule has 0 aromatic heterocycles. The van der Waals surface area contributed by atoms with Gasteiger partial charge in [0.15, 0.2) is 6.27 Å². The first-order valence-corrected chi connectivity index (χ1v) is 2.07. The summed E-state index contributed by atoms with van der Waals surface area (Å²) in [5.74, 6) is 0. The summed E-state index contributed by atoms with van der Waals surface area (Å²) < 4.78 is 11.4. The van der Waals surface area contributed by atoms with Crippen molar-refractivity contribution < 1.29 is 11.2 Å². The molecule has 1 atom stereocenters. The Bertz CT molecular complexity index is 64.1. The largest absolute Gasteiger partial charge is 0.368 e. The predicted molar refractivity (Wildman–Crippen MR) is 21.2 cm³/mol. The summed E-state index contributed by atoms with van der Waals surface area (Å²) in [4.78, 5) is 0. The van der Waals surface area contributed by atoms with E-state index in [9.17, 15) is 0 Å². The van der Waals surface area contributed by atoms with Crippen LogP contribution in [0.4, 0.5) is 0 Å². The highest BCUT2D eigenvalue weighted by atomic mass is 16.6. The molecule has 1 aliphatic heterocycles. The highest BCUT2D eigenvalue weighted by Gasteiger charge is 2.09. The Morgan fingerprint density at radius 3 is 3.00 bits per heavy atom. The van der Waals surface area contributed by atoms with Crippen molar-refractivity contribution >= 4 is 0 Å². The van der Waals surface area contributed by atoms with Gasteiger partial charge < -0.3 is 9.84 Å². The molecule has 1 aliphatic rings. The van der Waals surface area contributed by atoms with Crippen LogP contribution in [0, 0.1) is 0 Å². The molecule has 6 heavy (non-hydrogen) atoms. The molecule has 1 rings (SSSR count). The SMILES string of the molecule is [2H]C1(O)CCCO1. The summed E-state index contributed by atoms with van der Waals surface area (Å²) >= 11 is 0. The van der Waals surface area contributed by atoms with E-state index in [0.29, 0.717) is 13.0 Å². The second-order valence-corrected chi connectivity index (χ2v) is 1.35. The van der Waals surface area contributed by atoms with E-state index in [2.05, 4.69) is 4.74 Å². The van der Waals surface area contributed by atoms with Gasteiger partial charge in [-0.2, -0.15) is 0 Å². The molecule has 1 unspecified atom stereocenters. The standard InChI is InChI=1S/C4H8O2/c5-4-2-1-3-6-4/h4-5H,1-3H2/i4D. The number of rotatable bonds is 0. The number of hydrogen-bond acceptors (Lipinski definition) is 2. The topological polar surface area (TPSA) is 29.5 Å². The molecule has 0 aromatic carbocycles. The average molecular weight is 89.1 g/mol. The smallest absolute Gasteiger partial charge is 0.154 e. The summed E-state index contributed by atoms with van der Waals surface area (Å²) in [6.07, 6.45) is -0.299. The normalized spacial score (nSPS) is 49.2. The first-order valence-electron chi connectivity index (χ1n) is 2.57. The van der Waals surface area contributed by atoms with E-state index in [1.807, 2.05) is 0 Å². The fourth-order valence-corrected chi connectivity index (χ4v) is 0.486. The Labute approximate surface area is 38.1 Å². The molecule has 0 aromatic rings. The van der Waals surface area contributed by atoms with Crippen molar-refractivity contribution in [3.63, 3.8) is 0 Å². The zero-order valence-electron chi connectivity index (χ0n) is 4.48. The summed E-state index contributed by atoms with van der Waals surface area (Å²) in [6, 6.07) is 0. The van der Waals surface area contributed by atoms with E-state index in [1.165, 1.54) is 0 Å². The maximum Gasteiger partial charge on any atom is 0.154 e. The van der Waals surface area contributed by atoms with Crippen LogP contribution in [0.1, 0.15) is 14.2 Å². The van der Waals surface area contributed by atoms with Crippen LogP contribution in [0.25, 0.3) is 0 Å². The van der Waals surface area contributed by atoms with Crippen molar-refractivity contribution in [2.45, 2.75) is 19.1 Å². The second-order valence-electron chi connectivity index (χ2n) is 1.35. The second kappa shape index (κ2) is 1.58. The minimum absolute atomic E-state index is 0.451. The van der Waals surface area contributed by atoms with Crippen molar-refractivity contribution in [2.75, 3.05) is 6.61 Å². The van der Waals surface area contributed by atoms with Gasteiger partial charge in [0.2, 0.25) is 0 Å². The van der Waals surface area contributed by atoms with Crippen molar-refractivity contribution in [1.82, 2.24) is 0 Å². The van der Waals surface area contributed by atoms with Crippen LogP contribution in [0.3, 0.4) is 0 Å². The van der Waals surface area contributed by atoms with Crippen molar-refractivity contribution in [2.24, 2.45) is 0 Å². The molecule has 1 fully saturated rings. The molecule has 0 bridgehead atoms. The van der Waals surface area contributed by atoms with E-state index in [4.69, 9.17) is 6.48 Å². The fourth-order valence-electron chi connectivity index (χ4n) is 0.486. The Morgan fingerprint density at radius 2 is 2.83 bits per heavy atom. The van der Waals surface area contributed by atoms with Crippen molar-refractivity contribution in [1.29, 1.82) is 0 Å². The third kappa shape index (κ3) is 0.698.